The van der Waals surface area contributed by atoms with Crippen LogP contribution >= 0.6 is 0 Å². The van der Waals surface area contributed by atoms with Crippen LogP contribution in [0.3, 0.4) is 0 Å². The summed E-state index contributed by atoms with van der Waals surface area (Å²) in [6.07, 6.45) is 19.1. The van der Waals surface area contributed by atoms with Gasteiger partial charge in [0.05, 0.1) is 6.10 Å². The Hall–Kier alpha value is -3.23. The van der Waals surface area contributed by atoms with Gasteiger partial charge in [0.25, 0.3) is 0 Å². The van der Waals surface area contributed by atoms with Gasteiger partial charge in [0.15, 0.2) is 0 Å². The summed E-state index contributed by atoms with van der Waals surface area (Å²) in [5, 5.41) is 22.2. The number of carbonyl (C=O) groups is 3. The second-order valence-electron chi connectivity index (χ2n) is 11.1. The zero-order valence-electron chi connectivity index (χ0n) is 26.2. The highest BCUT2D eigenvalue weighted by Gasteiger charge is 2.29. The molecule has 0 aromatic heterocycles. The number of alkyl carbamates (subject to hydrolysis) is 1. The third-order valence-corrected chi connectivity index (χ3v) is 7.04. The van der Waals surface area contributed by atoms with Crippen molar-refractivity contribution in [3.63, 3.8) is 0 Å². The van der Waals surface area contributed by atoms with Crippen LogP contribution in [0.25, 0.3) is 0 Å². The number of rotatable bonds is 18. The molecule has 0 spiro atoms. The Kier molecular flexibility index (Phi) is 18.1. The fourth-order valence-electron chi connectivity index (χ4n) is 4.56. The van der Waals surface area contributed by atoms with Gasteiger partial charge in [0.2, 0.25) is 0 Å². The fourth-order valence-corrected chi connectivity index (χ4v) is 4.56. The van der Waals surface area contributed by atoms with Crippen molar-refractivity contribution in [2.45, 2.75) is 85.9 Å². The summed E-state index contributed by atoms with van der Waals surface area (Å²) in [6, 6.07) is 0. The SMILES string of the molecule is CC(=C/CC/C=C/C(C)=C/C(C)C(=O)C(C)C(O)C(C)C/C(C)=C/COC(=O)NCCCO)/C=C/C1CC=CC(=O)O1. The van der Waals surface area contributed by atoms with Gasteiger partial charge in [-0.15, -0.1) is 0 Å². The number of aliphatic hydroxyl groups excluding tert-OH is 2. The largest absolute Gasteiger partial charge is 0.455 e. The minimum atomic E-state index is -0.791. The maximum atomic E-state index is 13.0. The molecular formula is C34H51NO7. The zero-order valence-corrected chi connectivity index (χ0v) is 26.2. The van der Waals surface area contributed by atoms with E-state index in [9.17, 15) is 19.5 Å². The highest BCUT2D eigenvalue weighted by Crippen LogP contribution is 2.24. The maximum absolute atomic E-state index is 13.0. The molecular weight excluding hydrogens is 534 g/mol. The molecule has 1 aliphatic heterocycles. The average molecular weight is 586 g/mol. The van der Waals surface area contributed by atoms with E-state index >= 15 is 0 Å². The number of cyclic esters (lactones) is 1. The van der Waals surface area contributed by atoms with Crippen LogP contribution < -0.4 is 5.32 Å². The molecule has 1 rings (SSSR count). The van der Waals surface area contributed by atoms with E-state index in [1.54, 1.807) is 13.0 Å². The lowest BCUT2D eigenvalue weighted by Gasteiger charge is -2.26. The molecule has 0 saturated heterocycles. The van der Waals surface area contributed by atoms with Crippen LogP contribution in [-0.2, 0) is 19.1 Å². The van der Waals surface area contributed by atoms with E-state index in [-0.39, 0.29) is 42.9 Å². The van der Waals surface area contributed by atoms with E-state index in [4.69, 9.17) is 14.6 Å². The normalized spacial score (nSPS) is 19.5. The molecule has 1 aliphatic rings. The molecule has 0 aromatic rings. The van der Waals surface area contributed by atoms with Crippen molar-refractivity contribution in [2.75, 3.05) is 19.8 Å². The first-order chi connectivity index (χ1) is 19.9. The van der Waals surface area contributed by atoms with Crippen molar-refractivity contribution in [1.29, 1.82) is 0 Å². The van der Waals surface area contributed by atoms with Gasteiger partial charge >= 0.3 is 12.1 Å². The molecule has 5 atom stereocenters. The van der Waals surface area contributed by atoms with Gasteiger partial charge in [-0.1, -0.05) is 73.9 Å². The van der Waals surface area contributed by atoms with Crippen molar-refractivity contribution in [3.05, 3.63) is 71.4 Å². The molecule has 3 N–H and O–H groups in total. The van der Waals surface area contributed by atoms with E-state index in [0.717, 1.165) is 29.6 Å². The molecule has 42 heavy (non-hydrogen) atoms. The van der Waals surface area contributed by atoms with Crippen molar-refractivity contribution in [1.82, 2.24) is 5.32 Å². The number of hydrogen-bond donors (Lipinski definition) is 3. The third kappa shape index (κ3) is 15.7. The second kappa shape index (κ2) is 20.6. The molecule has 0 radical (unpaired) electrons. The number of aliphatic hydroxyl groups is 2. The van der Waals surface area contributed by atoms with Crippen molar-refractivity contribution in [2.24, 2.45) is 17.8 Å². The summed E-state index contributed by atoms with van der Waals surface area (Å²) in [7, 11) is 0. The molecule has 8 nitrogen and oxygen atoms in total. The summed E-state index contributed by atoms with van der Waals surface area (Å²) in [4.78, 5) is 35.9. The van der Waals surface area contributed by atoms with Gasteiger partial charge < -0.3 is 25.0 Å². The maximum Gasteiger partial charge on any atom is 0.407 e. The van der Waals surface area contributed by atoms with E-state index < -0.39 is 18.1 Å². The predicted octanol–water partition coefficient (Wildman–Crippen LogP) is 5.93. The van der Waals surface area contributed by atoms with Crippen molar-refractivity contribution < 1.29 is 34.1 Å². The Bertz CT molecular complexity index is 1050. The first kappa shape index (κ1) is 36.8. The quantitative estimate of drug-likeness (QED) is 0.0789. The fraction of sp³-hybridized carbons (Fsp3) is 0.559. The lowest BCUT2D eigenvalue weighted by molar-refractivity contribution is -0.141. The zero-order chi connectivity index (χ0) is 31.5. The molecule has 8 heteroatoms. The lowest BCUT2D eigenvalue weighted by atomic mass is 9.83. The number of nitrogens with one attached hydrogen (secondary N) is 1. The van der Waals surface area contributed by atoms with Crippen LogP contribution in [0, 0.1) is 17.8 Å². The number of hydrogen-bond acceptors (Lipinski definition) is 7. The summed E-state index contributed by atoms with van der Waals surface area (Å²) < 4.78 is 10.3. The molecule has 0 fully saturated rings. The average Bonchev–Trinajstić information content (AvgIpc) is 2.94. The standard InChI is InChI=1S/C34H51NO7/c1-24(16-17-30-14-10-15-31(37)42-30)12-8-7-9-13-25(2)22-27(4)32(38)29(6)33(39)28(5)23-26(3)18-21-41-34(40)35-19-11-20-36/h9-10,12-13,15-18,22,27-30,33,36,39H,7-8,11,14,19-21,23H2,1-6H3,(H,35,40)/b13-9+,17-16+,24-12-,25-22+,26-18+. The second-order valence-corrected chi connectivity index (χ2v) is 11.1. The lowest BCUT2D eigenvalue weighted by Crippen LogP contribution is -2.34. The van der Waals surface area contributed by atoms with Crippen LogP contribution in [0.15, 0.2) is 71.4 Å². The number of Topliss-reactive ketones (excluding diaryl/α,β-unsaturated/α-hetero) is 1. The van der Waals surface area contributed by atoms with Gasteiger partial charge in [-0.05, 0) is 64.5 Å². The Morgan fingerprint density at radius 2 is 1.86 bits per heavy atom. The summed E-state index contributed by atoms with van der Waals surface area (Å²) >= 11 is 0. The van der Waals surface area contributed by atoms with E-state index in [0.29, 0.717) is 25.8 Å². The highest BCUT2D eigenvalue weighted by atomic mass is 16.5. The molecule has 234 valence electrons. The number of esters is 1. The van der Waals surface area contributed by atoms with Crippen LogP contribution in [0.5, 0.6) is 0 Å². The predicted molar refractivity (Wildman–Crippen MR) is 167 cm³/mol. The number of unbranched alkanes of at least 4 members (excludes halogenated alkanes) is 1. The number of carbonyl (C=O) groups excluding carboxylic acids is 3. The third-order valence-electron chi connectivity index (χ3n) is 7.04. The number of allylic oxidation sites excluding steroid dienone is 8. The van der Waals surface area contributed by atoms with Crippen molar-refractivity contribution in [3.8, 4) is 0 Å². The Balaban J connectivity index is 2.47. The number of amides is 1. The van der Waals surface area contributed by atoms with Gasteiger partial charge in [-0.25, -0.2) is 9.59 Å². The molecule has 0 aromatic carbocycles. The van der Waals surface area contributed by atoms with Crippen LogP contribution in [0.4, 0.5) is 4.79 Å². The Morgan fingerprint density at radius 1 is 1.12 bits per heavy atom. The van der Waals surface area contributed by atoms with Crippen LogP contribution in [0.2, 0.25) is 0 Å². The topological polar surface area (TPSA) is 122 Å². The summed E-state index contributed by atoms with van der Waals surface area (Å²) in [5.74, 6) is -1.29. The first-order valence-corrected chi connectivity index (χ1v) is 14.9. The summed E-state index contributed by atoms with van der Waals surface area (Å²) in [6.45, 7) is 11.9. The van der Waals surface area contributed by atoms with E-state index in [2.05, 4.69) is 17.5 Å². The molecule has 0 saturated carbocycles. The highest BCUT2D eigenvalue weighted by molar-refractivity contribution is 5.85. The summed E-state index contributed by atoms with van der Waals surface area (Å²) in [5.41, 5.74) is 3.07. The molecule has 0 bridgehead atoms. The van der Waals surface area contributed by atoms with Gasteiger partial charge in [-0.3, -0.25) is 4.79 Å². The molecule has 1 amide bonds. The van der Waals surface area contributed by atoms with Gasteiger partial charge in [-0.2, -0.15) is 0 Å². The molecule has 5 unspecified atom stereocenters. The number of ketones is 1. The van der Waals surface area contributed by atoms with Crippen LogP contribution in [0.1, 0.15) is 73.6 Å². The van der Waals surface area contributed by atoms with Gasteiger partial charge in [0.1, 0.15) is 18.5 Å². The van der Waals surface area contributed by atoms with Gasteiger partial charge in [0, 0.05) is 37.5 Å². The Labute approximate surface area is 251 Å². The molecule has 1 heterocycles. The van der Waals surface area contributed by atoms with Crippen LogP contribution in [-0.4, -0.2) is 60.0 Å². The molecule has 0 aliphatic carbocycles. The van der Waals surface area contributed by atoms with E-state index in [1.807, 2.05) is 65.0 Å². The first-order valence-electron chi connectivity index (χ1n) is 14.9. The number of ether oxygens (including phenoxy) is 2. The Morgan fingerprint density at radius 3 is 2.55 bits per heavy atom. The van der Waals surface area contributed by atoms with Crippen molar-refractivity contribution >= 4 is 17.8 Å². The minimum absolute atomic E-state index is 0.00361. The van der Waals surface area contributed by atoms with E-state index in [1.165, 1.54) is 6.08 Å². The monoisotopic (exact) mass is 585 g/mol. The smallest absolute Gasteiger partial charge is 0.407 e. The minimum Gasteiger partial charge on any atom is -0.455 e.